The Hall–Kier alpha value is -6.63. The third-order valence-electron chi connectivity index (χ3n) is 12.7. The Kier molecular flexibility index (Phi) is 12.2. The number of pyridine rings is 1. The molecule has 9 rings (SSSR count). The van der Waals surface area contributed by atoms with Crippen LogP contribution in [0.4, 0.5) is 30.4 Å². The number of amides is 4. The van der Waals surface area contributed by atoms with Gasteiger partial charge in [-0.05, 0) is 92.1 Å². The normalized spacial score (nSPS) is 21.0. The molecule has 0 spiro atoms. The Balaban J connectivity index is 0.690. The summed E-state index contributed by atoms with van der Waals surface area (Å²) in [5, 5.41) is 8.55. The molecular formula is C45H48F3N11O5. The molecule has 16 nitrogen and oxygen atoms in total. The van der Waals surface area contributed by atoms with Crippen LogP contribution < -0.4 is 25.6 Å². The van der Waals surface area contributed by atoms with Gasteiger partial charge in [-0.2, -0.15) is 13.2 Å². The van der Waals surface area contributed by atoms with Crippen molar-refractivity contribution >= 4 is 52.0 Å². The average molecular weight is 880 g/mol. The van der Waals surface area contributed by atoms with Crippen molar-refractivity contribution in [3.8, 4) is 5.75 Å². The fourth-order valence-corrected chi connectivity index (χ4v) is 8.98. The van der Waals surface area contributed by atoms with Gasteiger partial charge in [0.05, 0.1) is 12.2 Å². The number of imide groups is 1. The molecule has 64 heavy (non-hydrogen) atoms. The highest BCUT2D eigenvalue weighted by atomic mass is 19.4. The molecule has 0 radical (unpaired) electrons. The number of carbonyl (C=O) groups is 4. The highest BCUT2D eigenvalue weighted by Gasteiger charge is 2.36. The molecule has 4 amide bonds. The molecule has 4 fully saturated rings. The van der Waals surface area contributed by atoms with E-state index in [2.05, 4.69) is 57.8 Å². The number of aromatic nitrogens is 5. The fraction of sp³-hybridized carbons (Fsp3) is 0.422. The van der Waals surface area contributed by atoms with Crippen molar-refractivity contribution in [1.29, 1.82) is 0 Å². The number of nitrogens with one attached hydrogen (secondary N) is 3. The van der Waals surface area contributed by atoms with Crippen LogP contribution in [0.2, 0.25) is 0 Å². The molecule has 334 valence electrons. The molecule has 1 saturated carbocycles. The number of fused-ring (bicyclic) bond motifs is 1. The molecule has 6 heterocycles. The number of benzene rings is 2. The third-order valence-corrected chi connectivity index (χ3v) is 12.7. The molecule has 2 aromatic carbocycles. The molecule has 1 unspecified atom stereocenters. The van der Waals surface area contributed by atoms with Gasteiger partial charge in [-0.15, -0.1) is 0 Å². The maximum atomic E-state index is 13.1. The second kappa shape index (κ2) is 18.2. The molecule has 19 heteroatoms. The van der Waals surface area contributed by atoms with E-state index in [9.17, 15) is 32.3 Å². The van der Waals surface area contributed by atoms with Crippen molar-refractivity contribution in [3.63, 3.8) is 0 Å². The van der Waals surface area contributed by atoms with Gasteiger partial charge in [0.1, 0.15) is 23.5 Å². The molecule has 3 aromatic heterocycles. The van der Waals surface area contributed by atoms with E-state index < -0.39 is 17.8 Å². The maximum Gasteiger partial charge on any atom is 0.433 e. The highest BCUT2D eigenvalue weighted by molar-refractivity contribution is 6.01. The van der Waals surface area contributed by atoms with E-state index in [0.29, 0.717) is 67.4 Å². The van der Waals surface area contributed by atoms with Gasteiger partial charge >= 0.3 is 6.18 Å². The van der Waals surface area contributed by atoms with Crippen molar-refractivity contribution in [2.24, 2.45) is 5.92 Å². The molecule has 1 atom stereocenters. The standard InChI is InChI=1S/C45H48F3N11O5/c46-45(47,48)37-3-1-2-36(54-37)44(63)53-31-22-33(23-31)59-27-51-40-41(49-26-50-42(40)59)52-30-6-8-32(9-7-30)57-20-18-56(19-21-57)24-28-14-16-58(17-15-28)39(61)25-64-34-10-4-29(5-11-34)35-12-13-38(60)55-43(35)62/h1-11,26-28,31,33,35H,12-25H2,(H,53,63)(H,49,50,52)(H,55,60,62). The second-order valence-corrected chi connectivity index (χ2v) is 16.9. The number of nitrogens with zero attached hydrogens (tertiary/aromatic N) is 8. The maximum absolute atomic E-state index is 13.1. The van der Waals surface area contributed by atoms with Gasteiger partial charge in [0, 0.05) is 75.7 Å². The third kappa shape index (κ3) is 9.63. The second-order valence-electron chi connectivity index (χ2n) is 16.9. The van der Waals surface area contributed by atoms with Crippen LogP contribution in [0.5, 0.6) is 5.75 Å². The van der Waals surface area contributed by atoms with Crippen molar-refractivity contribution in [2.45, 2.75) is 62.7 Å². The van der Waals surface area contributed by atoms with Crippen LogP contribution in [0.3, 0.4) is 0 Å². The summed E-state index contributed by atoms with van der Waals surface area (Å²) in [7, 11) is 0. The Morgan fingerprint density at radius 3 is 2.33 bits per heavy atom. The van der Waals surface area contributed by atoms with E-state index in [1.165, 1.54) is 18.5 Å². The minimum atomic E-state index is -4.63. The van der Waals surface area contributed by atoms with E-state index >= 15 is 0 Å². The summed E-state index contributed by atoms with van der Waals surface area (Å²) in [6.07, 6.45) is 2.38. The van der Waals surface area contributed by atoms with Crippen LogP contribution in [0.15, 0.2) is 79.4 Å². The Labute approximate surface area is 366 Å². The molecule has 3 saturated heterocycles. The van der Waals surface area contributed by atoms with E-state index in [-0.39, 0.29) is 48.0 Å². The van der Waals surface area contributed by atoms with Crippen molar-refractivity contribution < 1.29 is 37.1 Å². The van der Waals surface area contributed by atoms with Crippen molar-refractivity contribution in [3.05, 3.63) is 96.3 Å². The van der Waals surface area contributed by atoms with E-state index in [4.69, 9.17) is 4.74 Å². The lowest BCUT2D eigenvalue weighted by molar-refractivity contribution is -0.141. The largest absolute Gasteiger partial charge is 0.484 e. The minimum absolute atomic E-state index is 0.00375. The molecule has 1 aliphatic carbocycles. The number of hydrogen-bond acceptors (Lipinski definition) is 12. The molecule has 3 N–H and O–H groups in total. The van der Waals surface area contributed by atoms with Crippen LogP contribution in [-0.4, -0.2) is 116 Å². The molecule has 3 aliphatic heterocycles. The predicted molar refractivity (Wildman–Crippen MR) is 229 cm³/mol. The fourth-order valence-electron chi connectivity index (χ4n) is 8.98. The first kappa shape index (κ1) is 42.7. The van der Waals surface area contributed by atoms with E-state index in [1.54, 1.807) is 18.5 Å². The Bertz CT molecular complexity index is 2500. The molecule has 4 aliphatic rings. The number of imidazole rings is 1. The lowest BCUT2D eigenvalue weighted by Gasteiger charge is -2.39. The smallest absolute Gasteiger partial charge is 0.433 e. The van der Waals surface area contributed by atoms with E-state index in [0.717, 1.165) is 68.6 Å². The summed E-state index contributed by atoms with van der Waals surface area (Å²) in [6, 6.07) is 18.4. The average Bonchev–Trinajstić information content (AvgIpc) is 3.72. The number of piperidine rings is 2. The number of piperazine rings is 1. The van der Waals surface area contributed by atoms with Crippen LogP contribution in [0, 0.1) is 5.92 Å². The number of ether oxygens (including phenoxy) is 1. The van der Waals surface area contributed by atoms with Crippen LogP contribution in [-0.2, 0) is 20.6 Å². The summed E-state index contributed by atoms with van der Waals surface area (Å²) in [5.41, 5.74) is 2.66. The van der Waals surface area contributed by atoms with Gasteiger partial charge in [0.2, 0.25) is 11.8 Å². The molecular weight excluding hydrogens is 832 g/mol. The Morgan fingerprint density at radius 1 is 0.859 bits per heavy atom. The number of alkyl halides is 3. The molecule has 0 bridgehead atoms. The zero-order valence-electron chi connectivity index (χ0n) is 35.0. The van der Waals surface area contributed by atoms with Gasteiger partial charge in [0.15, 0.2) is 23.6 Å². The lowest BCUT2D eigenvalue weighted by atomic mass is 9.86. The molecule has 5 aromatic rings. The number of anilines is 3. The summed E-state index contributed by atoms with van der Waals surface area (Å²) in [5.74, 6) is 0.0915. The van der Waals surface area contributed by atoms with Gasteiger partial charge in [-0.25, -0.2) is 19.9 Å². The van der Waals surface area contributed by atoms with Gasteiger partial charge in [-0.3, -0.25) is 29.4 Å². The highest BCUT2D eigenvalue weighted by Crippen LogP contribution is 2.36. The number of likely N-dealkylation sites (tertiary alicyclic amines) is 1. The SMILES string of the molecule is O=C1CCC(c2ccc(OCC(=O)N3CCC(CN4CCN(c5ccc(Nc6ncnc7c6ncn7C6CC(NC(=O)c7cccc(C(F)(F)F)n7)C6)cc5)CC4)CC3)cc2)C(=O)N1. The number of hydrogen-bond donors (Lipinski definition) is 3. The van der Waals surface area contributed by atoms with Gasteiger partial charge in [-0.1, -0.05) is 18.2 Å². The number of carbonyl (C=O) groups excluding carboxylic acids is 4. The van der Waals surface area contributed by atoms with Gasteiger partial charge < -0.3 is 29.7 Å². The van der Waals surface area contributed by atoms with Gasteiger partial charge in [0.25, 0.3) is 11.8 Å². The zero-order chi connectivity index (χ0) is 44.4. The number of rotatable bonds is 12. The lowest BCUT2D eigenvalue weighted by Crippen LogP contribution is -2.49. The topological polar surface area (TPSA) is 180 Å². The van der Waals surface area contributed by atoms with E-state index in [1.807, 2.05) is 33.7 Å². The summed E-state index contributed by atoms with van der Waals surface area (Å²) in [4.78, 5) is 73.1. The number of halogens is 3. The monoisotopic (exact) mass is 879 g/mol. The van der Waals surface area contributed by atoms with Crippen LogP contribution >= 0.6 is 0 Å². The summed E-state index contributed by atoms with van der Waals surface area (Å²) >= 11 is 0. The first-order valence-electron chi connectivity index (χ1n) is 21.6. The van der Waals surface area contributed by atoms with Crippen molar-refractivity contribution in [2.75, 3.05) is 62.6 Å². The predicted octanol–water partition coefficient (Wildman–Crippen LogP) is 5.08. The summed E-state index contributed by atoms with van der Waals surface area (Å²) in [6.45, 7) is 6.13. The van der Waals surface area contributed by atoms with Crippen molar-refractivity contribution in [1.82, 2.24) is 44.9 Å². The minimum Gasteiger partial charge on any atom is -0.484 e. The van der Waals surface area contributed by atoms with Crippen LogP contribution in [0.1, 0.15) is 72.2 Å². The zero-order valence-corrected chi connectivity index (χ0v) is 35.0. The first-order valence-corrected chi connectivity index (χ1v) is 21.6. The summed E-state index contributed by atoms with van der Waals surface area (Å²) < 4.78 is 46.9. The van der Waals surface area contributed by atoms with Crippen LogP contribution in [0.25, 0.3) is 11.2 Å². The quantitative estimate of drug-likeness (QED) is 0.142. The first-order chi connectivity index (χ1) is 30.9. The Morgan fingerprint density at radius 2 is 1.61 bits per heavy atom.